The Hall–Kier alpha value is -1.28. The lowest BCUT2D eigenvalue weighted by Crippen LogP contribution is -2.26. The van der Waals surface area contributed by atoms with Gasteiger partial charge in [-0.15, -0.1) is 0 Å². The van der Waals surface area contributed by atoms with E-state index in [0.717, 1.165) is 23.7 Å². The van der Waals surface area contributed by atoms with Gasteiger partial charge in [-0.2, -0.15) is 0 Å². The minimum Gasteiger partial charge on any atom is -0.347 e. The van der Waals surface area contributed by atoms with Crippen LogP contribution >= 0.6 is 0 Å². The van der Waals surface area contributed by atoms with Crippen molar-refractivity contribution in [2.24, 2.45) is 23.5 Å². The molecular weight excluding hydrogens is 400 g/mol. The van der Waals surface area contributed by atoms with Crippen LogP contribution in [0.2, 0.25) is 0 Å². The van der Waals surface area contributed by atoms with E-state index in [1.54, 1.807) is 10.9 Å². The molecule has 2 N–H and O–H groups in total. The molecule has 3 aliphatic rings. The van der Waals surface area contributed by atoms with Crippen molar-refractivity contribution in [2.75, 3.05) is 0 Å². The first-order chi connectivity index (χ1) is 16.3. The molecule has 1 atom stereocenters. The molecule has 0 bridgehead atoms. The maximum atomic E-state index is 6.17. The fourth-order valence-electron chi connectivity index (χ4n) is 7.65. The second kappa shape index (κ2) is 11.4. The van der Waals surface area contributed by atoms with E-state index in [1.165, 1.54) is 121 Å². The van der Waals surface area contributed by atoms with Gasteiger partial charge in [-0.1, -0.05) is 69.6 Å². The van der Waals surface area contributed by atoms with Crippen molar-refractivity contribution >= 4 is 10.9 Å². The molecule has 0 aliphatic heterocycles. The van der Waals surface area contributed by atoms with Crippen molar-refractivity contribution in [3.63, 3.8) is 0 Å². The predicted octanol–water partition coefficient (Wildman–Crippen LogP) is 8.57. The highest BCUT2D eigenvalue weighted by Gasteiger charge is 2.28. The maximum absolute atomic E-state index is 6.17. The molecule has 1 aromatic heterocycles. The molecular formula is C31H48N2. The van der Waals surface area contributed by atoms with E-state index >= 15 is 0 Å². The Kier molecular flexibility index (Phi) is 8.13. The molecule has 33 heavy (non-hydrogen) atoms. The van der Waals surface area contributed by atoms with Crippen LogP contribution in [0.1, 0.15) is 121 Å². The molecule has 1 heterocycles. The summed E-state index contributed by atoms with van der Waals surface area (Å²) in [6.45, 7) is 1.24. The molecule has 3 fully saturated rings. The summed E-state index contributed by atoms with van der Waals surface area (Å²) in [4.78, 5) is 0. The van der Waals surface area contributed by atoms with Crippen molar-refractivity contribution in [3.05, 3.63) is 36.0 Å². The smallest absolute Gasteiger partial charge is 0.0483 e. The van der Waals surface area contributed by atoms with Crippen LogP contribution < -0.4 is 5.73 Å². The molecule has 2 nitrogen and oxygen atoms in total. The number of hydrogen-bond donors (Lipinski definition) is 1. The van der Waals surface area contributed by atoms with Crippen molar-refractivity contribution < 1.29 is 0 Å². The van der Waals surface area contributed by atoms with Crippen LogP contribution in [0.15, 0.2) is 30.5 Å². The molecule has 3 aliphatic carbocycles. The lowest BCUT2D eigenvalue weighted by atomic mass is 9.74. The first-order valence-electron chi connectivity index (χ1n) is 14.6. The van der Waals surface area contributed by atoms with E-state index in [9.17, 15) is 0 Å². The zero-order valence-electron chi connectivity index (χ0n) is 21.0. The van der Waals surface area contributed by atoms with Crippen molar-refractivity contribution in [1.82, 2.24) is 4.57 Å². The Morgan fingerprint density at radius 1 is 0.788 bits per heavy atom. The van der Waals surface area contributed by atoms with Gasteiger partial charge in [0.05, 0.1) is 0 Å². The largest absolute Gasteiger partial charge is 0.347 e. The number of benzene rings is 1. The third kappa shape index (κ3) is 5.87. The standard InChI is InChI=1S/C31H48N2/c32-27-20-18-24(19-21-27)12-9-16-28(26-13-5-2-6-14-26)30-23-33(22-25-10-3-1-4-11-25)31-17-8-7-15-29(30)31/h7-8,15,17,23-28H,1-6,9-14,16,18-22,32H2. The second-order valence-corrected chi connectivity index (χ2v) is 12.0. The van der Waals surface area contributed by atoms with E-state index in [2.05, 4.69) is 35.0 Å². The Morgan fingerprint density at radius 3 is 2.24 bits per heavy atom. The molecule has 1 unspecified atom stereocenters. The molecule has 182 valence electrons. The fraction of sp³-hybridized carbons (Fsp3) is 0.742. The summed E-state index contributed by atoms with van der Waals surface area (Å²) in [5.41, 5.74) is 9.36. The minimum absolute atomic E-state index is 0.478. The van der Waals surface area contributed by atoms with Crippen LogP contribution in [0, 0.1) is 17.8 Å². The van der Waals surface area contributed by atoms with Gasteiger partial charge in [0.15, 0.2) is 0 Å². The Balaban J connectivity index is 1.35. The number of hydrogen-bond acceptors (Lipinski definition) is 1. The van der Waals surface area contributed by atoms with Crippen LogP contribution in [0.3, 0.4) is 0 Å². The third-order valence-corrected chi connectivity index (χ3v) is 9.64. The number of para-hydroxylation sites is 1. The average molecular weight is 449 g/mol. The Labute approximate surface area is 202 Å². The Bertz CT molecular complexity index is 847. The van der Waals surface area contributed by atoms with Gasteiger partial charge in [-0.3, -0.25) is 0 Å². The number of nitrogens with two attached hydrogens (primary N) is 1. The molecule has 2 aromatic rings. The van der Waals surface area contributed by atoms with E-state index in [1.807, 2.05) is 0 Å². The summed E-state index contributed by atoms with van der Waals surface area (Å²) < 4.78 is 2.67. The van der Waals surface area contributed by atoms with Gasteiger partial charge >= 0.3 is 0 Å². The van der Waals surface area contributed by atoms with Crippen molar-refractivity contribution in [3.8, 4) is 0 Å². The van der Waals surface area contributed by atoms with Gasteiger partial charge in [0.2, 0.25) is 0 Å². The van der Waals surface area contributed by atoms with Crippen LogP contribution in [0.4, 0.5) is 0 Å². The molecule has 2 heteroatoms. The average Bonchev–Trinajstić information content (AvgIpc) is 3.22. The van der Waals surface area contributed by atoms with Gasteiger partial charge in [-0.05, 0) is 93.1 Å². The summed E-state index contributed by atoms with van der Waals surface area (Å²) in [6, 6.07) is 9.84. The van der Waals surface area contributed by atoms with Gasteiger partial charge < -0.3 is 10.3 Å². The SMILES string of the molecule is NC1CCC(CCCC(c2cn(CC3CCCCC3)c3ccccc23)C2CCCCC2)CC1. The number of rotatable bonds is 8. The van der Waals surface area contributed by atoms with Crippen molar-refractivity contribution in [2.45, 2.75) is 128 Å². The number of fused-ring (bicyclic) bond motifs is 1. The summed E-state index contributed by atoms with van der Waals surface area (Å²) in [5.74, 6) is 3.47. The third-order valence-electron chi connectivity index (χ3n) is 9.64. The first kappa shape index (κ1) is 23.5. The van der Waals surface area contributed by atoms with E-state index in [4.69, 9.17) is 5.73 Å². The summed E-state index contributed by atoms with van der Waals surface area (Å²) in [7, 11) is 0. The van der Waals surface area contributed by atoms with Gasteiger partial charge in [0.1, 0.15) is 0 Å². The lowest BCUT2D eigenvalue weighted by molar-refractivity contribution is 0.269. The number of aromatic nitrogens is 1. The van der Waals surface area contributed by atoms with Gasteiger partial charge in [0.25, 0.3) is 0 Å². The summed E-state index contributed by atoms with van der Waals surface area (Å²) >= 11 is 0. The van der Waals surface area contributed by atoms with Crippen LogP contribution in [0.25, 0.3) is 10.9 Å². The van der Waals surface area contributed by atoms with E-state index in [-0.39, 0.29) is 0 Å². The summed E-state index contributed by atoms with van der Waals surface area (Å²) in [6.07, 6.45) is 26.5. The monoisotopic (exact) mass is 448 g/mol. The molecule has 0 radical (unpaired) electrons. The normalized spacial score (nSPS) is 26.6. The lowest BCUT2D eigenvalue weighted by Gasteiger charge is -2.31. The maximum Gasteiger partial charge on any atom is 0.0483 e. The zero-order valence-corrected chi connectivity index (χ0v) is 21.0. The first-order valence-corrected chi connectivity index (χ1v) is 14.6. The highest BCUT2D eigenvalue weighted by atomic mass is 15.0. The van der Waals surface area contributed by atoms with E-state index < -0.39 is 0 Å². The topological polar surface area (TPSA) is 30.9 Å². The Morgan fingerprint density at radius 2 is 1.48 bits per heavy atom. The van der Waals surface area contributed by atoms with Crippen LogP contribution in [0.5, 0.6) is 0 Å². The molecule has 5 rings (SSSR count). The molecule has 0 saturated heterocycles. The molecule has 0 amide bonds. The molecule has 3 saturated carbocycles. The van der Waals surface area contributed by atoms with Crippen molar-refractivity contribution in [1.29, 1.82) is 0 Å². The number of nitrogens with zero attached hydrogens (tertiary/aromatic N) is 1. The zero-order chi connectivity index (χ0) is 22.5. The van der Waals surface area contributed by atoms with E-state index in [0.29, 0.717) is 6.04 Å². The predicted molar refractivity (Wildman–Crippen MR) is 142 cm³/mol. The quantitative estimate of drug-likeness (QED) is 0.431. The van der Waals surface area contributed by atoms with Gasteiger partial charge in [0, 0.05) is 29.7 Å². The fourth-order valence-corrected chi connectivity index (χ4v) is 7.65. The molecule has 0 spiro atoms. The molecule has 1 aromatic carbocycles. The highest BCUT2D eigenvalue weighted by molar-refractivity contribution is 5.84. The highest BCUT2D eigenvalue weighted by Crippen LogP contribution is 2.43. The van der Waals surface area contributed by atoms with Crippen LogP contribution in [-0.2, 0) is 6.54 Å². The van der Waals surface area contributed by atoms with Crippen LogP contribution in [-0.4, -0.2) is 10.6 Å². The van der Waals surface area contributed by atoms with Gasteiger partial charge in [-0.25, -0.2) is 0 Å². The summed E-state index contributed by atoms with van der Waals surface area (Å²) in [5, 5.41) is 1.56. The minimum atomic E-state index is 0.478. The second-order valence-electron chi connectivity index (χ2n) is 12.0.